The van der Waals surface area contributed by atoms with Gasteiger partial charge in [0.05, 0.1) is 11.5 Å². The minimum atomic E-state index is 0.583. The van der Waals surface area contributed by atoms with Crippen molar-refractivity contribution < 1.29 is 9.26 Å². The lowest BCUT2D eigenvalue weighted by molar-refractivity contribution is 0.337. The quantitative estimate of drug-likeness (QED) is 0.301. The van der Waals surface area contributed by atoms with Crippen LogP contribution in [0.4, 0.5) is 0 Å². The van der Waals surface area contributed by atoms with E-state index in [9.17, 15) is 0 Å². The number of thioether (sulfide) groups is 1. The molecule has 0 aliphatic carbocycles. The zero-order valence-corrected chi connectivity index (χ0v) is 16.8. The zero-order chi connectivity index (χ0) is 19.2. The number of thiophene rings is 1. The van der Waals surface area contributed by atoms with Gasteiger partial charge in [-0.15, -0.1) is 16.4 Å². The molecule has 0 saturated carbocycles. The molecule has 4 rings (SSSR count). The van der Waals surface area contributed by atoms with E-state index in [1.54, 1.807) is 27.8 Å². The van der Waals surface area contributed by atoms with E-state index in [1.807, 2.05) is 48.7 Å². The van der Waals surface area contributed by atoms with Gasteiger partial charge >= 0.3 is 0 Å². The summed E-state index contributed by atoms with van der Waals surface area (Å²) in [7, 11) is 0. The summed E-state index contributed by atoms with van der Waals surface area (Å²) in [4.78, 5) is 5.46. The average Bonchev–Trinajstić information content (AvgIpc) is 3.47. The first-order valence-corrected chi connectivity index (χ1v) is 10.7. The number of hydrogen-bond donors (Lipinski definition) is 0. The lowest BCUT2D eigenvalue weighted by Gasteiger charge is -2.10. The van der Waals surface area contributed by atoms with Gasteiger partial charge in [-0.2, -0.15) is 9.67 Å². The molecule has 0 radical (unpaired) electrons. The summed E-state index contributed by atoms with van der Waals surface area (Å²) in [6.45, 7) is 2.53. The maximum atomic E-state index is 5.68. The molecular weight excluding hydrogens is 396 g/mol. The summed E-state index contributed by atoms with van der Waals surface area (Å²) in [5, 5.41) is 18.8. The van der Waals surface area contributed by atoms with Gasteiger partial charge in [0, 0.05) is 12.2 Å². The Morgan fingerprint density at radius 1 is 1.21 bits per heavy atom. The van der Waals surface area contributed by atoms with Crippen LogP contribution in [0.3, 0.4) is 0 Å². The molecule has 1 aromatic carbocycles. The molecular formula is C18H18N6O2S2. The second-order valence-electron chi connectivity index (χ2n) is 5.72. The van der Waals surface area contributed by atoms with Crippen LogP contribution < -0.4 is 4.74 Å². The Hall–Kier alpha value is -2.72. The summed E-state index contributed by atoms with van der Waals surface area (Å²) in [6.07, 6.45) is 1.58. The molecule has 3 aromatic heterocycles. The third-order valence-electron chi connectivity index (χ3n) is 3.81. The Morgan fingerprint density at radius 3 is 3.00 bits per heavy atom. The second-order valence-corrected chi connectivity index (χ2v) is 7.72. The van der Waals surface area contributed by atoms with Crippen LogP contribution in [0.15, 0.2) is 51.5 Å². The van der Waals surface area contributed by atoms with Crippen LogP contribution in [0.5, 0.6) is 5.75 Å². The molecule has 0 aliphatic rings. The first-order valence-electron chi connectivity index (χ1n) is 8.85. The summed E-state index contributed by atoms with van der Waals surface area (Å²) < 4.78 is 12.7. The number of para-hydroxylation sites is 2. The summed E-state index contributed by atoms with van der Waals surface area (Å²) in [6, 6.07) is 11.7. The van der Waals surface area contributed by atoms with Crippen molar-refractivity contribution in [1.82, 2.24) is 30.3 Å². The van der Waals surface area contributed by atoms with Crippen molar-refractivity contribution in [2.45, 2.75) is 24.9 Å². The van der Waals surface area contributed by atoms with Crippen LogP contribution in [-0.4, -0.2) is 42.7 Å². The van der Waals surface area contributed by atoms with E-state index in [-0.39, 0.29) is 0 Å². The highest BCUT2D eigenvalue weighted by molar-refractivity contribution is 7.99. The minimum Gasteiger partial charge on any atom is -0.492 e. The van der Waals surface area contributed by atoms with E-state index in [2.05, 4.69) is 25.7 Å². The number of rotatable bonds is 9. The minimum absolute atomic E-state index is 0.583. The molecule has 0 fully saturated rings. The molecule has 0 spiro atoms. The fourth-order valence-electron chi connectivity index (χ4n) is 2.58. The van der Waals surface area contributed by atoms with Crippen molar-refractivity contribution in [3.8, 4) is 22.1 Å². The molecule has 0 N–H and O–H groups in total. The molecule has 0 atom stereocenters. The van der Waals surface area contributed by atoms with E-state index < -0.39 is 0 Å². The van der Waals surface area contributed by atoms with E-state index in [4.69, 9.17) is 9.26 Å². The predicted molar refractivity (Wildman–Crippen MR) is 107 cm³/mol. The van der Waals surface area contributed by atoms with Gasteiger partial charge in [0.1, 0.15) is 11.4 Å². The standard InChI is InChI=1S/C18H18N6O2S2/c1-2-25-14-8-4-3-7-13(14)24-18(20-22-23-24)28-12-6-10-16-19-17(21-26-16)15-9-5-11-27-15/h3-5,7-9,11H,2,6,10,12H2,1H3. The highest BCUT2D eigenvalue weighted by Gasteiger charge is 2.14. The van der Waals surface area contributed by atoms with Gasteiger partial charge in [-0.3, -0.25) is 0 Å². The third-order valence-corrected chi connectivity index (χ3v) is 5.68. The van der Waals surface area contributed by atoms with E-state index >= 15 is 0 Å². The summed E-state index contributed by atoms with van der Waals surface area (Å²) >= 11 is 3.18. The third kappa shape index (κ3) is 4.23. The molecule has 4 aromatic rings. The largest absolute Gasteiger partial charge is 0.492 e. The number of tetrazole rings is 1. The molecule has 0 unspecified atom stereocenters. The summed E-state index contributed by atoms with van der Waals surface area (Å²) in [5.74, 6) is 2.87. The number of nitrogens with zero attached hydrogens (tertiary/aromatic N) is 6. The van der Waals surface area contributed by atoms with Crippen molar-refractivity contribution in [2.75, 3.05) is 12.4 Å². The number of hydrogen-bond acceptors (Lipinski definition) is 9. The lowest BCUT2D eigenvalue weighted by atomic mass is 10.3. The predicted octanol–water partition coefficient (Wildman–Crippen LogP) is 3.90. The maximum Gasteiger partial charge on any atom is 0.227 e. The number of aromatic nitrogens is 6. The first-order chi connectivity index (χ1) is 13.8. The molecule has 144 valence electrons. The number of ether oxygens (including phenoxy) is 1. The van der Waals surface area contributed by atoms with Crippen molar-refractivity contribution in [2.24, 2.45) is 0 Å². The molecule has 3 heterocycles. The SMILES string of the molecule is CCOc1ccccc1-n1nnnc1SCCCc1nc(-c2cccs2)no1. The first kappa shape index (κ1) is 18.6. The molecule has 0 saturated heterocycles. The van der Waals surface area contributed by atoms with Gasteiger partial charge in [0.15, 0.2) is 0 Å². The molecule has 0 aliphatic heterocycles. The number of benzene rings is 1. The fourth-order valence-corrected chi connectivity index (χ4v) is 4.05. The van der Waals surface area contributed by atoms with Crippen molar-refractivity contribution in [3.63, 3.8) is 0 Å². The maximum absolute atomic E-state index is 5.68. The Kier molecular flexibility index (Phi) is 5.98. The van der Waals surface area contributed by atoms with Crippen LogP contribution in [0.2, 0.25) is 0 Å². The molecule has 8 nitrogen and oxygen atoms in total. The zero-order valence-electron chi connectivity index (χ0n) is 15.2. The van der Waals surface area contributed by atoms with Gasteiger partial charge in [-0.25, -0.2) is 0 Å². The Labute approximate surface area is 169 Å². The normalized spacial score (nSPS) is 11.0. The second kappa shape index (κ2) is 8.98. The van der Waals surface area contributed by atoms with Gasteiger partial charge in [-0.05, 0) is 47.4 Å². The van der Waals surface area contributed by atoms with Crippen LogP contribution in [0.25, 0.3) is 16.4 Å². The number of aryl methyl sites for hydroxylation is 1. The molecule has 10 heteroatoms. The highest BCUT2D eigenvalue weighted by Crippen LogP contribution is 2.26. The van der Waals surface area contributed by atoms with Crippen molar-refractivity contribution in [1.29, 1.82) is 0 Å². The van der Waals surface area contributed by atoms with E-state index in [0.29, 0.717) is 24.7 Å². The molecule has 0 bridgehead atoms. The highest BCUT2D eigenvalue weighted by atomic mass is 32.2. The smallest absolute Gasteiger partial charge is 0.227 e. The van der Waals surface area contributed by atoms with Crippen LogP contribution in [-0.2, 0) is 6.42 Å². The molecule has 0 amide bonds. The van der Waals surface area contributed by atoms with Crippen LogP contribution >= 0.6 is 23.1 Å². The monoisotopic (exact) mass is 414 g/mol. The Bertz CT molecular complexity index is 1010. The van der Waals surface area contributed by atoms with Gasteiger partial charge in [-0.1, -0.05) is 35.1 Å². The summed E-state index contributed by atoms with van der Waals surface area (Å²) in [5.41, 5.74) is 0.828. The topological polar surface area (TPSA) is 91.8 Å². The Balaban J connectivity index is 1.35. The lowest BCUT2D eigenvalue weighted by Crippen LogP contribution is -2.03. The van der Waals surface area contributed by atoms with Gasteiger partial charge in [0.25, 0.3) is 0 Å². The van der Waals surface area contributed by atoms with Gasteiger partial charge in [0.2, 0.25) is 16.9 Å². The van der Waals surface area contributed by atoms with E-state index in [1.165, 1.54) is 0 Å². The van der Waals surface area contributed by atoms with Crippen molar-refractivity contribution in [3.05, 3.63) is 47.7 Å². The Morgan fingerprint density at radius 2 is 2.14 bits per heavy atom. The van der Waals surface area contributed by atoms with Crippen molar-refractivity contribution >= 4 is 23.1 Å². The van der Waals surface area contributed by atoms with Crippen LogP contribution in [0, 0.1) is 0 Å². The van der Waals surface area contributed by atoms with Gasteiger partial charge < -0.3 is 9.26 Å². The van der Waals surface area contributed by atoms with E-state index in [0.717, 1.165) is 33.6 Å². The molecule has 28 heavy (non-hydrogen) atoms. The average molecular weight is 415 g/mol. The fraction of sp³-hybridized carbons (Fsp3) is 0.278. The van der Waals surface area contributed by atoms with Crippen LogP contribution in [0.1, 0.15) is 19.2 Å².